The van der Waals surface area contributed by atoms with Gasteiger partial charge < -0.3 is 13.9 Å². The molecular formula is C25H17F3O3. The summed E-state index contributed by atoms with van der Waals surface area (Å²) in [6.07, 6.45) is -2.73. The normalized spacial score (nSPS) is 11.1. The summed E-state index contributed by atoms with van der Waals surface area (Å²) in [5.74, 6) is 7.14. The van der Waals surface area contributed by atoms with Gasteiger partial charge in [0.05, 0.1) is 26.0 Å². The van der Waals surface area contributed by atoms with Crippen molar-refractivity contribution in [1.82, 2.24) is 0 Å². The Bertz CT molecular complexity index is 1290. The number of benzene rings is 3. The fourth-order valence-corrected chi connectivity index (χ4v) is 3.27. The van der Waals surface area contributed by atoms with Gasteiger partial charge in [-0.15, -0.1) is 0 Å². The van der Waals surface area contributed by atoms with Crippen LogP contribution in [0.5, 0.6) is 11.5 Å². The number of alkyl halides is 3. The first kappa shape index (κ1) is 20.4. The van der Waals surface area contributed by atoms with Crippen molar-refractivity contribution in [1.29, 1.82) is 0 Å². The minimum absolute atomic E-state index is 0.492. The van der Waals surface area contributed by atoms with E-state index in [2.05, 4.69) is 11.8 Å². The van der Waals surface area contributed by atoms with E-state index in [1.54, 1.807) is 26.5 Å². The minimum atomic E-state index is -4.37. The molecular weight excluding hydrogens is 405 g/mol. The predicted octanol–water partition coefficient (Wildman–Crippen LogP) is 6.54. The van der Waals surface area contributed by atoms with Gasteiger partial charge in [0.15, 0.2) is 11.5 Å². The van der Waals surface area contributed by atoms with E-state index in [1.807, 2.05) is 30.3 Å². The van der Waals surface area contributed by atoms with Gasteiger partial charge in [-0.3, -0.25) is 0 Å². The molecule has 0 radical (unpaired) electrons. The van der Waals surface area contributed by atoms with E-state index in [0.29, 0.717) is 22.6 Å². The summed E-state index contributed by atoms with van der Waals surface area (Å²) in [5.41, 5.74) is 2.82. The molecule has 0 bridgehead atoms. The van der Waals surface area contributed by atoms with Gasteiger partial charge in [-0.25, -0.2) is 0 Å². The lowest BCUT2D eigenvalue weighted by Crippen LogP contribution is -2.04. The zero-order chi connectivity index (χ0) is 22.0. The first-order chi connectivity index (χ1) is 14.9. The van der Waals surface area contributed by atoms with E-state index in [1.165, 1.54) is 12.1 Å². The number of fused-ring (bicyclic) bond motifs is 1. The predicted molar refractivity (Wildman–Crippen MR) is 112 cm³/mol. The number of halogens is 3. The Morgan fingerprint density at radius 2 is 1.48 bits per heavy atom. The first-order valence-corrected chi connectivity index (χ1v) is 9.32. The van der Waals surface area contributed by atoms with Crippen molar-refractivity contribution in [3.8, 4) is 34.5 Å². The van der Waals surface area contributed by atoms with Gasteiger partial charge in [-0.1, -0.05) is 30.0 Å². The average molecular weight is 422 g/mol. The van der Waals surface area contributed by atoms with Gasteiger partial charge in [-0.05, 0) is 36.4 Å². The standard InChI is InChI=1S/C25H17F3O3/c1-29-23-13-20-21(15-31-22(20)14-24(23)30-2)19-6-4-3-5-17(19)10-7-16-8-11-18(12-9-16)25(26,27)28/h3-6,8-9,11-15H,1-2H3. The lowest BCUT2D eigenvalue weighted by Gasteiger charge is -2.08. The molecule has 1 heterocycles. The van der Waals surface area contributed by atoms with Crippen LogP contribution < -0.4 is 9.47 Å². The second-order valence-electron chi connectivity index (χ2n) is 6.72. The smallest absolute Gasteiger partial charge is 0.416 e. The van der Waals surface area contributed by atoms with Crippen LogP contribution in [0.15, 0.2) is 71.3 Å². The molecule has 0 atom stereocenters. The third-order valence-corrected chi connectivity index (χ3v) is 4.85. The van der Waals surface area contributed by atoms with Crippen LogP contribution in [-0.2, 0) is 6.18 Å². The maximum absolute atomic E-state index is 12.7. The summed E-state index contributed by atoms with van der Waals surface area (Å²) < 4.78 is 54.7. The highest BCUT2D eigenvalue weighted by Crippen LogP contribution is 2.39. The maximum Gasteiger partial charge on any atom is 0.416 e. The van der Waals surface area contributed by atoms with E-state index in [0.717, 1.165) is 34.2 Å². The van der Waals surface area contributed by atoms with Crippen LogP contribution in [-0.4, -0.2) is 14.2 Å². The minimum Gasteiger partial charge on any atom is -0.493 e. The van der Waals surface area contributed by atoms with E-state index in [-0.39, 0.29) is 0 Å². The molecule has 0 saturated carbocycles. The molecule has 0 aliphatic rings. The van der Waals surface area contributed by atoms with Gasteiger partial charge in [0, 0.05) is 33.7 Å². The molecule has 0 aliphatic carbocycles. The van der Waals surface area contributed by atoms with Crippen molar-refractivity contribution < 1.29 is 27.1 Å². The Kier molecular flexibility index (Phi) is 5.35. The zero-order valence-electron chi connectivity index (χ0n) is 16.7. The first-order valence-electron chi connectivity index (χ1n) is 9.32. The van der Waals surface area contributed by atoms with Crippen molar-refractivity contribution in [2.75, 3.05) is 14.2 Å². The fourth-order valence-electron chi connectivity index (χ4n) is 3.27. The van der Waals surface area contributed by atoms with Crippen LogP contribution in [0.1, 0.15) is 16.7 Å². The second kappa shape index (κ2) is 8.11. The van der Waals surface area contributed by atoms with Crippen LogP contribution in [0.25, 0.3) is 22.1 Å². The highest BCUT2D eigenvalue weighted by Gasteiger charge is 2.29. The summed E-state index contributed by atoms with van der Waals surface area (Å²) >= 11 is 0. The van der Waals surface area contributed by atoms with Gasteiger partial charge in [-0.2, -0.15) is 13.2 Å². The molecule has 0 saturated heterocycles. The highest BCUT2D eigenvalue weighted by molar-refractivity contribution is 5.97. The summed E-state index contributed by atoms with van der Waals surface area (Å²) in [6, 6.07) is 15.9. The molecule has 0 spiro atoms. The van der Waals surface area contributed by atoms with Gasteiger partial charge in [0.2, 0.25) is 0 Å². The van der Waals surface area contributed by atoms with Crippen LogP contribution >= 0.6 is 0 Å². The Morgan fingerprint density at radius 1 is 0.806 bits per heavy atom. The SMILES string of the molecule is COc1cc2occ(-c3ccccc3C#Cc3ccc(C(F)(F)F)cc3)c2cc1OC. The Morgan fingerprint density at radius 3 is 2.16 bits per heavy atom. The molecule has 0 N–H and O–H groups in total. The molecule has 3 nitrogen and oxygen atoms in total. The van der Waals surface area contributed by atoms with Gasteiger partial charge in [0.1, 0.15) is 5.58 Å². The van der Waals surface area contributed by atoms with Crippen LogP contribution in [0.4, 0.5) is 13.2 Å². The van der Waals surface area contributed by atoms with Crippen molar-refractivity contribution in [2.45, 2.75) is 6.18 Å². The fraction of sp³-hybridized carbons (Fsp3) is 0.120. The molecule has 0 unspecified atom stereocenters. The molecule has 3 aromatic carbocycles. The molecule has 156 valence electrons. The van der Waals surface area contributed by atoms with Gasteiger partial charge in [0.25, 0.3) is 0 Å². The van der Waals surface area contributed by atoms with E-state index in [4.69, 9.17) is 13.9 Å². The average Bonchev–Trinajstić information content (AvgIpc) is 3.19. The number of methoxy groups -OCH3 is 2. The van der Waals surface area contributed by atoms with E-state index in [9.17, 15) is 13.2 Å². The largest absolute Gasteiger partial charge is 0.493 e. The van der Waals surface area contributed by atoms with E-state index < -0.39 is 11.7 Å². The lowest BCUT2D eigenvalue weighted by atomic mass is 9.99. The Labute approximate surface area is 177 Å². The molecule has 4 aromatic rings. The third kappa shape index (κ3) is 4.08. The Balaban J connectivity index is 1.75. The lowest BCUT2D eigenvalue weighted by molar-refractivity contribution is -0.137. The summed E-state index contributed by atoms with van der Waals surface area (Å²) in [7, 11) is 3.12. The Hall–Kier alpha value is -3.85. The number of hydrogen-bond acceptors (Lipinski definition) is 3. The molecule has 31 heavy (non-hydrogen) atoms. The third-order valence-electron chi connectivity index (χ3n) is 4.85. The van der Waals surface area contributed by atoms with Gasteiger partial charge >= 0.3 is 6.18 Å². The molecule has 0 fully saturated rings. The van der Waals surface area contributed by atoms with Crippen molar-refractivity contribution in [2.24, 2.45) is 0 Å². The van der Waals surface area contributed by atoms with Crippen molar-refractivity contribution in [3.63, 3.8) is 0 Å². The van der Waals surface area contributed by atoms with Crippen molar-refractivity contribution >= 4 is 11.0 Å². The molecule has 6 heteroatoms. The molecule has 0 amide bonds. The zero-order valence-corrected chi connectivity index (χ0v) is 16.7. The maximum atomic E-state index is 12.7. The summed E-state index contributed by atoms with van der Waals surface area (Å²) in [5, 5.41) is 0.835. The summed E-state index contributed by atoms with van der Waals surface area (Å²) in [4.78, 5) is 0. The number of hydrogen-bond donors (Lipinski definition) is 0. The monoisotopic (exact) mass is 422 g/mol. The highest BCUT2D eigenvalue weighted by atomic mass is 19.4. The van der Waals surface area contributed by atoms with Crippen LogP contribution in [0.3, 0.4) is 0 Å². The molecule has 1 aromatic heterocycles. The number of ether oxygens (including phenoxy) is 2. The van der Waals surface area contributed by atoms with Crippen LogP contribution in [0.2, 0.25) is 0 Å². The second-order valence-corrected chi connectivity index (χ2v) is 6.72. The van der Waals surface area contributed by atoms with Crippen molar-refractivity contribution in [3.05, 3.63) is 83.6 Å². The topological polar surface area (TPSA) is 31.6 Å². The summed E-state index contributed by atoms with van der Waals surface area (Å²) in [6.45, 7) is 0. The quantitative estimate of drug-likeness (QED) is 0.352. The molecule has 4 rings (SSSR count). The number of rotatable bonds is 3. The van der Waals surface area contributed by atoms with E-state index >= 15 is 0 Å². The number of furan rings is 1. The van der Waals surface area contributed by atoms with Crippen LogP contribution in [0, 0.1) is 11.8 Å². The molecule has 0 aliphatic heterocycles.